The molecule has 164 valence electrons. The van der Waals surface area contributed by atoms with E-state index >= 15 is 0 Å². The number of para-hydroxylation sites is 1. The Morgan fingerprint density at radius 2 is 1.71 bits per heavy atom. The van der Waals surface area contributed by atoms with Gasteiger partial charge in [-0.25, -0.2) is 4.79 Å². The summed E-state index contributed by atoms with van der Waals surface area (Å²) in [4.78, 5) is 16.3. The molecule has 1 aliphatic heterocycles. The fourth-order valence-corrected chi connectivity index (χ4v) is 4.40. The monoisotopic (exact) mass is 422 g/mol. The Balaban J connectivity index is 1.29. The fourth-order valence-electron chi connectivity index (χ4n) is 4.40. The SMILES string of the molecule is Cc1cccc(C)c1N1CCN(C[C@H](O)COc2ccc3c(C)cc(=O)oc3c2)CC1. The van der Waals surface area contributed by atoms with E-state index in [0.717, 1.165) is 37.1 Å². The first-order chi connectivity index (χ1) is 14.9. The molecule has 1 atom stereocenters. The second-order valence-electron chi connectivity index (χ2n) is 8.40. The van der Waals surface area contributed by atoms with Gasteiger partial charge in [0.1, 0.15) is 24.0 Å². The van der Waals surface area contributed by atoms with Crippen LogP contribution in [0, 0.1) is 20.8 Å². The van der Waals surface area contributed by atoms with E-state index in [1.165, 1.54) is 22.9 Å². The minimum Gasteiger partial charge on any atom is -0.491 e. The first-order valence-electron chi connectivity index (χ1n) is 10.8. The van der Waals surface area contributed by atoms with Crippen LogP contribution in [0.1, 0.15) is 16.7 Å². The van der Waals surface area contributed by atoms with Crippen LogP contribution in [-0.4, -0.2) is 55.4 Å². The lowest BCUT2D eigenvalue weighted by atomic mass is 10.1. The minimum atomic E-state index is -0.591. The third-order valence-corrected chi connectivity index (χ3v) is 5.96. The number of aryl methyl sites for hydroxylation is 3. The zero-order valence-corrected chi connectivity index (χ0v) is 18.4. The van der Waals surface area contributed by atoms with Gasteiger partial charge < -0.3 is 19.2 Å². The van der Waals surface area contributed by atoms with Crippen molar-refractivity contribution in [1.82, 2.24) is 4.90 Å². The second-order valence-corrected chi connectivity index (χ2v) is 8.40. The number of piperazine rings is 1. The van der Waals surface area contributed by atoms with E-state index in [4.69, 9.17) is 9.15 Å². The van der Waals surface area contributed by atoms with Crippen molar-refractivity contribution in [3.8, 4) is 5.75 Å². The van der Waals surface area contributed by atoms with Crippen LogP contribution in [0.2, 0.25) is 0 Å². The van der Waals surface area contributed by atoms with Crippen LogP contribution in [0.15, 0.2) is 51.7 Å². The van der Waals surface area contributed by atoms with Gasteiger partial charge in [0.15, 0.2) is 0 Å². The van der Waals surface area contributed by atoms with Crippen LogP contribution in [0.3, 0.4) is 0 Å². The zero-order valence-electron chi connectivity index (χ0n) is 18.4. The molecule has 0 aliphatic carbocycles. The average Bonchev–Trinajstić information content (AvgIpc) is 2.73. The van der Waals surface area contributed by atoms with E-state index in [2.05, 4.69) is 41.8 Å². The van der Waals surface area contributed by atoms with Gasteiger partial charge in [-0.3, -0.25) is 4.90 Å². The standard InChI is InChI=1S/C25H30N2O4/c1-17-5-4-6-18(2)25(17)27-11-9-26(10-12-27)15-20(28)16-30-21-7-8-22-19(3)13-24(29)31-23(22)14-21/h4-8,13-14,20,28H,9-12,15-16H2,1-3H3/t20-/m0/s1. The molecule has 0 amide bonds. The molecule has 2 heterocycles. The summed E-state index contributed by atoms with van der Waals surface area (Å²) in [6.45, 7) is 10.7. The average molecular weight is 423 g/mol. The van der Waals surface area contributed by atoms with Gasteiger partial charge in [0.05, 0.1) is 0 Å². The van der Waals surface area contributed by atoms with Crippen molar-refractivity contribution in [2.45, 2.75) is 26.9 Å². The summed E-state index contributed by atoms with van der Waals surface area (Å²) < 4.78 is 11.0. The van der Waals surface area contributed by atoms with Crippen molar-refractivity contribution in [1.29, 1.82) is 0 Å². The first-order valence-corrected chi connectivity index (χ1v) is 10.8. The molecule has 0 saturated carbocycles. The molecule has 1 saturated heterocycles. The van der Waals surface area contributed by atoms with Crippen LogP contribution >= 0.6 is 0 Å². The third kappa shape index (κ3) is 4.92. The van der Waals surface area contributed by atoms with Gasteiger partial charge in [0, 0.05) is 55.9 Å². The van der Waals surface area contributed by atoms with Crippen molar-refractivity contribution in [2.24, 2.45) is 0 Å². The van der Waals surface area contributed by atoms with Gasteiger partial charge in [0.25, 0.3) is 0 Å². The Labute approximate surface area is 182 Å². The molecule has 31 heavy (non-hydrogen) atoms. The summed E-state index contributed by atoms with van der Waals surface area (Å²) in [6.07, 6.45) is -0.591. The van der Waals surface area contributed by atoms with E-state index in [1.54, 1.807) is 6.07 Å². The quantitative estimate of drug-likeness (QED) is 0.615. The van der Waals surface area contributed by atoms with Crippen molar-refractivity contribution in [3.05, 3.63) is 69.6 Å². The molecule has 0 bridgehead atoms. The summed E-state index contributed by atoms with van der Waals surface area (Å²) >= 11 is 0. The number of aliphatic hydroxyl groups is 1. The van der Waals surface area contributed by atoms with Gasteiger partial charge in [-0.2, -0.15) is 0 Å². The predicted molar refractivity (Wildman–Crippen MR) is 123 cm³/mol. The van der Waals surface area contributed by atoms with Crippen LogP contribution in [0.25, 0.3) is 11.0 Å². The number of aliphatic hydroxyl groups excluding tert-OH is 1. The number of anilines is 1. The van der Waals surface area contributed by atoms with E-state index in [0.29, 0.717) is 17.9 Å². The highest BCUT2D eigenvalue weighted by atomic mass is 16.5. The molecular formula is C25H30N2O4. The van der Waals surface area contributed by atoms with Crippen molar-refractivity contribution in [2.75, 3.05) is 44.2 Å². The van der Waals surface area contributed by atoms with E-state index in [-0.39, 0.29) is 12.2 Å². The lowest BCUT2D eigenvalue weighted by molar-refractivity contribution is 0.0663. The normalized spacial score (nSPS) is 15.9. The summed E-state index contributed by atoms with van der Waals surface area (Å²) in [5.74, 6) is 0.583. The number of benzene rings is 2. The third-order valence-electron chi connectivity index (χ3n) is 5.96. The van der Waals surface area contributed by atoms with Gasteiger partial charge in [-0.05, 0) is 49.6 Å². The molecule has 6 nitrogen and oxygen atoms in total. The molecule has 0 spiro atoms. The number of fused-ring (bicyclic) bond motifs is 1. The molecule has 2 aromatic carbocycles. The highest BCUT2D eigenvalue weighted by molar-refractivity contribution is 5.81. The van der Waals surface area contributed by atoms with Crippen LogP contribution < -0.4 is 15.3 Å². The van der Waals surface area contributed by atoms with Crippen molar-refractivity contribution < 1.29 is 14.3 Å². The number of rotatable bonds is 6. The molecular weight excluding hydrogens is 392 g/mol. The van der Waals surface area contributed by atoms with E-state index < -0.39 is 6.10 Å². The van der Waals surface area contributed by atoms with Gasteiger partial charge in [0.2, 0.25) is 0 Å². The molecule has 1 N–H and O–H groups in total. The predicted octanol–water partition coefficient (Wildman–Crippen LogP) is 3.28. The number of β-amino-alcohol motifs (C(OH)–C–C–N with tert-alkyl or cyclic N) is 1. The van der Waals surface area contributed by atoms with Crippen molar-refractivity contribution >= 4 is 16.7 Å². The molecule has 6 heteroatoms. The van der Waals surface area contributed by atoms with Gasteiger partial charge in [-0.1, -0.05) is 18.2 Å². The largest absolute Gasteiger partial charge is 0.491 e. The van der Waals surface area contributed by atoms with E-state index in [1.807, 2.05) is 19.1 Å². The van der Waals surface area contributed by atoms with E-state index in [9.17, 15) is 9.90 Å². The summed E-state index contributed by atoms with van der Waals surface area (Å²) in [5.41, 5.74) is 4.95. The Morgan fingerprint density at radius 1 is 1.00 bits per heavy atom. The molecule has 0 radical (unpaired) electrons. The Morgan fingerprint density at radius 3 is 2.42 bits per heavy atom. The second kappa shape index (κ2) is 9.12. The van der Waals surface area contributed by atoms with Gasteiger partial charge >= 0.3 is 5.63 Å². The number of hydrogen-bond acceptors (Lipinski definition) is 6. The molecule has 1 fully saturated rings. The van der Waals surface area contributed by atoms with Crippen LogP contribution in [0.5, 0.6) is 5.75 Å². The van der Waals surface area contributed by atoms with Crippen LogP contribution in [-0.2, 0) is 0 Å². The summed E-state index contributed by atoms with van der Waals surface area (Å²) in [5, 5.41) is 11.4. The molecule has 1 aliphatic rings. The zero-order chi connectivity index (χ0) is 22.0. The molecule has 4 rings (SSSR count). The summed E-state index contributed by atoms with van der Waals surface area (Å²) in [7, 11) is 0. The Bertz CT molecular complexity index is 1100. The lowest BCUT2D eigenvalue weighted by Crippen LogP contribution is -2.49. The maximum atomic E-state index is 11.6. The number of nitrogens with zero attached hydrogens (tertiary/aromatic N) is 2. The smallest absolute Gasteiger partial charge is 0.336 e. The highest BCUT2D eigenvalue weighted by Gasteiger charge is 2.21. The number of ether oxygens (including phenoxy) is 1. The van der Waals surface area contributed by atoms with Crippen molar-refractivity contribution in [3.63, 3.8) is 0 Å². The highest BCUT2D eigenvalue weighted by Crippen LogP contribution is 2.26. The molecule has 1 aromatic heterocycles. The minimum absolute atomic E-state index is 0.193. The summed E-state index contributed by atoms with van der Waals surface area (Å²) in [6, 6.07) is 13.3. The fraction of sp³-hybridized carbons (Fsp3) is 0.400. The maximum Gasteiger partial charge on any atom is 0.336 e. The maximum absolute atomic E-state index is 11.6. The van der Waals surface area contributed by atoms with Gasteiger partial charge in [-0.15, -0.1) is 0 Å². The lowest BCUT2D eigenvalue weighted by Gasteiger charge is -2.38. The van der Waals surface area contributed by atoms with Crippen LogP contribution in [0.4, 0.5) is 5.69 Å². The topological polar surface area (TPSA) is 66.2 Å². The molecule has 0 unspecified atom stereocenters. The number of hydrogen-bond donors (Lipinski definition) is 1. The first kappa shape index (κ1) is 21.4. The molecule has 3 aromatic rings. The Kier molecular flexibility index (Phi) is 6.30. The Hall–Kier alpha value is -2.83.